The Kier molecular flexibility index (Phi) is 4.32. The van der Waals surface area contributed by atoms with Gasteiger partial charge < -0.3 is 15.8 Å². The van der Waals surface area contributed by atoms with Crippen LogP contribution in [0.2, 0.25) is 0 Å². The van der Waals surface area contributed by atoms with Crippen molar-refractivity contribution in [3.05, 3.63) is 29.8 Å². The minimum absolute atomic E-state index is 0.267. The third kappa shape index (κ3) is 3.61. The topological polar surface area (TPSA) is 81.4 Å². The number of hydrogen-bond acceptors (Lipinski definition) is 4. The molecular weight excluding hydrogens is 208 g/mol. The van der Waals surface area contributed by atoms with Gasteiger partial charge in [-0.25, -0.2) is 4.79 Å². The van der Waals surface area contributed by atoms with E-state index in [2.05, 4.69) is 5.32 Å². The van der Waals surface area contributed by atoms with Gasteiger partial charge >= 0.3 is 5.97 Å². The third-order valence-corrected chi connectivity index (χ3v) is 1.85. The average Bonchev–Trinajstić information content (AvgIpc) is 2.27. The number of likely N-dealkylation sites (N-methyl/N-ethyl adjacent to an activating group) is 1. The average molecular weight is 222 g/mol. The molecule has 1 rings (SSSR count). The summed E-state index contributed by atoms with van der Waals surface area (Å²) < 4.78 is 4.79. The number of nitrogens with two attached hydrogens (primary N) is 1. The van der Waals surface area contributed by atoms with Crippen molar-refractivity contribution in [2.75, 3.05) is 18.9 Å². The Labute approximate surface area is 93.6 Å². The van der Waals surface area contributed by atoms with Crippen molar-refractivity contribution in [3.8, 4) is 0 Å². The molecule has 0 spiro atoms. The summed E-state index contributed by atoms with van der Waals surface area (Å²) in [6.07, 6.45) is 0. The largest absolute Gasteiger partial charge is 0.452 e. The van der Waals surface area contributed by atoms with E-state index in [-0.39, 0.29) is 12.5 Å². The molecule has 0 saturated heterocycles. The zero-order chi connectivity index (χ0) is 12.0. The highest BCUT2D eigenvalue weighted by molar-refractivity contribution is 5.91. The van der Waals surface area contributed by atoms with Gasteiger partial charge in [0, 0.05) is 12.2 Å². The van der Waals surface area contributed by atoms with Crippen LogP contribution < -0.4 is 11.1 Å². The predicted molar refractivity (Wildman–Crippen MR) is 59.8 cm³/mol. The normalized spacial score (nSPS) is 9.56. The predicted octanol–water partition coefficient (Wildman–Crippen LogP) is 0.562. The zero-order valence-electron chi connectivity index (χ0n) is 9.03. The summed E-state index contributed by atoms with van der Waals surface area (Å²) in [6.45, 7) is 2.04. The second-order valence-corrected chi connectivity index (χ2v) is 3.15. The first-order valence-corrected chi connectivity index (χ1v) is 4.93. The lowest BCUT2D eigenvalue weighted by atomic mass is 10.2. The highest BCUT2D eigenvalue weighted by Gasteiger charge is 2.08. The van der Waals surface area contributed by atoms with Crippen molar-refractivity contribution in [3.63, 3.8) is 0 Å². The van der Waals surface area contributed by atoms with Gasteiger partial charge in [0.1, 0.15) is 0 Å². The molecule has 3 N–H and O–H groups in total. The van der Waals surface area contributed by atoms with E-state index in [4.69, 9.17) is 10.5 Å². The van der Waals surface area contributed by atoms with E-state index in [1.54, 1.807) is 31.2 Å². The summed E-state index contributed by atoms with van der Waals surface area (Å²) >= 11 is 0. The van der Waals surface area contributed by atoms with Crippen LogP contribution in [0.25, 0.3) is 0 Å². The molecule has 1 aromatic carbocycles. The van der Waals surface area contributed by atoms with Gasteiger partial charge in [0.15, 0.2) is 6.61 Å². The molecule has 0 saturated carbocycles. The Hall–Kier alpha value is -2.04. The van der Waals surface area contributed by atoms with Crippen LogP contribution in [0.15, 0.2) is 24.3 Å². The second-order valence-electron chi connectivity index (χ2n) is 3.15. The van der Waals surface area contributed by atoms with Gasteiger partial charge in [0.25, 0.3) is 5.91 Å². The highest BCUT2D eigenvalue weighted by atomic mass is 16.5. The van der Waals surface area contributed by atoms with E-state index < -0.39 is 5.97 Å². The first kappa shape index (κ1) is 12.0. The summed E-state index contributed by atoms with van der Waals surface area (Å²) in [5, 5.41) is 2.53. The van der Waals surface area contributed by atoms with E-state index in [1.165, 1.54) is 0 Å². The standard InChI is InChI=1S/C11H14N2O3/c1-2-13-10(14)7-16-11(15)8-3-5-9(12)6-4-8/h3-6H,2,7,12H2,1H3,(H,13,14). The Balaban J connectivity index is 2.47. The molecule has 5 nitrogen and oxygen atoms in total. The van der Waals surface area contributed by atoms with E-state index >= 15 is 0 Å². The van der Waals surface area contributed by atoms with Gasteiger partial charge in [-0.05, 0) is 31.2 Å². The summed E-state index contributed by atoms with van der Waals surface area (Å²) in [7, 11) is 0. The number of esters is 1. The van der Waals surface area contributed by atoms with E-state index in [0.29, 0.717) is 17.8 Å². The van der Waals surface area contributed by atoms with Crippen LogP contribution >= 0.6 is 0 Å². The molecule has 1 aromatic rings. The minimum atomic E-state index is -0.536. The third-order valence-electron chi connectivity index (χ3n) is 1.85. The molecule has 0 aliphatic carbocycles. The van der Waals surface area contributed by atoms with Gasteiger partial charge in [-0.15, -0.1) is 0 Å². The second kappa shape index (κ2) is 5.75. The van der Waals surface area contributed by atoms with Gasteiger partial charge in [-0.3, -0.25) is 4.79 Å². The number of amides is 1. The van der Waals surface area contributed by atoms with Crippen molar-refractivity contribution in [2.24, 2.45) is 0 Å². The van der Waals surface area contributed by atoms with Crippen molar-refractivity contribution >= 4 is 17.6 Å². The Morgan fingerprint density at radius 1 is 1.31 bits per heavy atom. The number of benzene rings is 1. The van der Waals surface area contributed by atoms with Gasteiger partial charge in [-0.1, -0.05) is 0 Å². The maximum Gasteiger partial charge on any atom is 0.338 e. The van der Waals surface area contributed by atoms with Crippen LogP contribution in [0.4, 0.5) is 5.69 Å². The number of ether oxygens (including phenoxy) is 1. The molecule has 1 amide bonds. The van der Waals surface area contributed by atoms with Gasteiger partial charge in [0.2, 0.25) is 0 Å². The van der Waals surface area contributed by atoms with Crippen LogP contribution in [0.5, 0.6) is 0 Å². The summed E-state index contributed by atoms with van der Waals surface area (Å²) in [4.78, 5) is 22.4. The lowest BCUT2D eigenvalue weighted by molar-refractivity contribution is -0.124. The number of hydrogen-bond donors (Lipinski definition) is 2. The fourth-order valence-electron chi connectivity index (χ4n) is 1.08. The van der Waals surface area contributed by atoms with Crippen molar-refractivity contribution in [1.82, 2.24) is 5.32 Å². The van der Waals surface area contributed by atoms with Crippen molar-refractivity contribution < 1.29 is 14.3 Å². The van der Waals surface area contributed by atoms with Gasteiger partial charge in [-0.2, -0.15) is 0 Å². The molecule has 0 radical (unpaired) electrons. The molecule has 0 fully saturated rings. The Bertz CT molecular complexity index is 373. The molecule has 0 aliphatic heterocycles. The van der Waals surface area contributed by atoms with Crippen LogP contribution in [0.1, 0.15) is 17.3 Å². The van der Waals surface area contributed by atoms with Crippen molar-refractivity contribution in [2.45, 2.75) is 6.92 Å². The summed E-state index contributed by atoms with van der Waals surface area (Å²) in [6, 6.07) is 6.30. The molecule has 16 heavy (non-hydrogen) atoms. The molecule has 0 unspecified atom stereocenters. The zero-order valence-corrected chi connectivity index (χ0v) is 9.03. The number of carbonyl (C=O) groups excluding carboxylic acids is 2. The van der Waals surface area contributed by atoms with E-state index in [1.807, 2.05) is 0 Å². The summed E-state index contributed by atoms with van der Waals surface area (Å²) in [5.41, 5.74) is 6.42. The summed E-state index contributed by atoms with van der Waals surface area (Å²) in [5.74, 6) is -0.849. The Morgan fingerprint density at radius 3 is 2.50 bits per heavy atom. The monoisotopic (exact) mass is 222 g/mol. The molecule has 0 atom stereocenters. The number of anilines is 1. The molecule has 0 heterocycles. The quantitative estimate of drug-likeness (QED) is 0.576. The fraction of sp³-hybridized carbons (Fsp3) is 0.273. The Morgan fingerprint density at radius 2 is 1.94 bits per heavy atom. The van der Waals surface area contributed by atoms with E-state index in [9.17, 15) is 9.59 Å². The first-order chi connectivity index (χ1) is 7.63. The smallest absolute Gasteiger partial charge is 0.338 e. The SMILES string of the molecule is CCNC(=O)COC(=O)c1ccc(N)cc1. The maximum atomic E-state index is 11.4. The number of carbonyl (C=O) groups is 2. The first-order valence-electron chi connectivity index (χ1n) is 4.93. The minimum Gasteiger partial charge on any atom is -0.452 e. The van der Waals surface area contributed by atoms with Crippen LogP contribution in [-0.2, 0) is 9.53 Å². The highest BCUT2D eigenvalue weighted by Crippen LogP contribution is 2.06. The lowest BCUT2D eigenvalue weighted by Crippen LogP contribution is -2.28. The molecule has 0 aliphatic rings. The van der Waals surface area contributed by atoms with Crippen molar-refractivity contribution in [1.29, 1.82) is 0 Å². The van der Waals surface area contributed by atoms with E-state index in [0.717, 1.165) is 0 Å². The number of rotatable bonds is 4. The van der Waals surface area contributed by atoms with Gasteiger partial charge in [0.05, 0.1) is 5.56 Å². The van der Waals surface area contributed by atoms with Crippen LogP contribution in [0.3, 0.4) is 0 Å². The molecule has 86 valence electrons. The fourth-order valence-corrected chi connectivity index (χ4v) is 1.08. The number of nitrogen functional groups attached to an aromatic ring is 1. The molecule has 5 heteroatoms. The molecule has 0 bridgehead atoms. The van der Waals surface area contributed by atoms with Crippen LogP contribution in [-0.4, -0.2) is 25.0 Å². The van der Waals surface area contributed by atoms with Crippen LogP contribution in [0, 0.1) is 0 Å². The number of nitrogens with one attached hydrogen (secondary N) is 1. The lowest BCUT2D eigenvalue weighted by Gasteiger charge is -2.04. The molecule has 0 aromatic heterocycles. The maximum absolute atomic E-state index is 11.4. The molecular formula is C11H14N2O3.